The Hall–Kier alpha value is -0.930. The van der Waals surface area contributed by atoms with Gasteiger partial charge < -0.3 is 21.5 Å². The van der Waals surface area contributed by atoms with Gasteiger partial charge in [-0.05, 0) is 69.8 Å². The summed E-state index contributed by atoms with van der Waals surface area (Å²) >= 11 is 0. The largest absolute Gasteiger partial charge is 1.00 e. The molecule has 1 rings (SSSR count). The van der Waals surface area contributed by atoms with E-state index in [9.17, 15) is 4.57 Å². The van der Waals surface area contributed by atoms with Crippen LogP contribution in [0, 0.1) is 0 Å². The highest BCUT2D eigenvalue weighted by atomic mass is 35.5. The Morgan fingerprint density at radius 1 is 0.510 bits per heavy atom. The molecule has 0 atom stereocenters. The molecule has 6 heteroatoms. The van der Waals surface area contributed by atoms with Crippen molar-refractivity contribution in [1.29, 1.82) is 0 Å². The van der Waals surface area contributed by atoms with Gasteiger partial charge in [0, 0.05) is 12.1 Å². The van der Waals surface area contributed by atoms with Gasteiger partial charge in [0.15, 0.2) is 12.4 Å². The van der Waals surface area contributed by atoms with Gasteiger partial charge >= 0.3 is 7.60 Å². The van der Waals surface area contributed by atoms with Crippen LogP contribution in [0.2, 0.25) is 0 Å². The zero-order valence-electron chi connectivity index (χ0n) is 32.5. The summed E-state index contributed by atoms with van der Waals surface area (Å²) in [6.45, 7) is 5.60. The second-order valence-corrected chi connectivity index (χ2v) is 16.2. The Morgan fingerprint density at radius 2 is 0.816 bits per heavy atom. The molecule has 4 nitrogen and oxygen atoms in total. The number of nitrogens with zero attached hydrogens (tertiary/aromatic N) is 1. The van der Waals surface area contributed by atoms with Gasteiger partial charge in [0.05, 0.1) is 19.4 Å². The van der Waals surface area contributed by atoms with Crippen molar-refractivity contribution >= 4 is 7.60 Å². The van der Waals surface area contributed by atoms with E-state index in [1.54, 1.807) is 0 Å². The van der Waals surface area contributed by atoms with Crippen LogP contribution < -0.4 is 17.0 Å². The van der Waals surface area contributed by atoms with E-state index in [0.29, 0.717) is 19.4 Å². The highest BCUT2D eigenvalue weighted by Crippen LogP contribution is 2.51. The summed E-state index contributed by atoms with van der Waals surface area (Å²) in [5.41, 5.74) is 1.01. The molecular weight excluding hydrogens is 645 g/mol. The molecule has 0 saturated heterocycles. The summed E-state index contributed by atoms with van der Waals surface area (Å²) in [5.74, 6) is 0. The number of aromatic nitrogens is 1. The van der Waals surface area contributed by atoms with E-state index in [4.69, 9.17) is 9.05 Å². The highest BCUT2D eigenvalue weighted by Gasteiger charge is 2.25. The van der Waals surface area contributed by atoms with Crippen LogP contribution in [-0.4, -0.2) is 13.2 Å². The first-order valence-corrected chi connectivity index (χ1v) is 22.4. The third-order valence-corrected chi connectivity index (χ3v) is 11.2. The molecule has 0 aliphatic carbocycles. The predicted octanol–water partition coefficient (Wildman–Crippen LogP) is 11.3. The van der Waals surface area contributed by atoms with Gasteiger partial charge in [0.1, 0.15) is 7.05 Å². The third-order valence-electron chi connectivity index (χ3n) is 9.31. The van der Waals surface area contributed by atoms with Crippen LogP contribution >= 0.6 is 7.60 Å². The van der Waals surface area contributed by atoms with Crippen LogP contribution in [0.15, 0.2) is 48.8 Å². The fourth-order valence-corrected chi connectivity index (χ4v) is 7.83. The molecular formula is C43H79ClNO3P. The molecule has 0 spiro atoms. The molecule has 0 fully saturated rings. The summed E-state index contributed by atoms with van der Waals surface area (Å²) in [6, 6.07) is 4.04. The maximum atomic E-state index is 13.7. The average Bonchev–Trinajstić information content (AvgIpc) is 3.08. The van der Waals surface area contributed by atoms with Gasteiger partial charge in [-0.3, -0.25) is 4.57 Å². The first kappa shape index (κ1) is 48.1. The lowest BCUT2D eigenvalue weighted by Gasteiger charge is -2.19. The molecule has 1 aromatic rings. The molecule has 1 heterocycles. The third kappa shape index (κ3) is 32.7. The summed E-state index contributed by atoms with van der Waals surface area (Å²) in [5, 5.41) is 0. The minimum atomic E-state index is -3.16. The van der Waals surface area contributed by atoms with Crippen LogP contribution in [0.1, 0.15) is 199 Å². The molecule has 286 valence electrons. The maximum Gasteiger partial charge on any atom is 0.335 e. The molecule has 0 bridgehead atoms. The van der Waals surface area contributed by atoms with Gasteiger partial charge in [0.2, 0.25) is 0 Å². The van der Waals surface area contributed by atoms with E-state index in [1.807, 2.05) is 36.1 Å². The number of pyridine rings is 1. The van der Waals surface area contributed by atoms with E-state index in [-0.39, 0.29) is 12.4 Å². The molecule has 0 aliphatic rings. The lowest BCUT2D eigenvalue weighted by atomic mass is 10.1. The molecule has 0 radical (unpaired) electrons. The van der Waals surface area contributed by atoms with Crippen molar-refractivity contribution in [2.75, 3.05) is 13.2 Å². The summed E-state index contributed by atoms with van der Waals surface area (Å²) < 4.78 is 27.8. The lowest BCUT2D eigenvalue weighted by molar-refractivity contribution is -0.671. The topological polar surface area (TPSA) is 39.4 Å². The smallest absolute Gasteiger partial charge is 0.335 e. The average molecular weight is 725 g/mol. The molecule has 49 heavy (non-hydrogen) atoms. The fourth-order valence-electron chi connectivity index (χ4n) is 6.10. The van der Waals surface area contributed by atoms with E-state index in [2.05, 4.69) is 38.2 Å². The van der Waals surface area contributed by atoms with Crippen molar-refractivity contribution in [3.05, 3.63) is 54.4 Å². The fraction of sp³-hybridized carbons (Fsp3) is 0.791. The Bertz CT molecular complexity index is 872. The van der Waals surface area contributed by atoms with Gasteiger partial charge in [-0.25, -0.2) is 4.57 Å². The number of aryl methyl sites for hydroxylation is 1. The predicted molar refractivity (Wildman–Crippen MR) is 210 cm³/mol. The van der Waals surface area contributed by atoms with Crippen molar-refractivity contribution < 1.29 is 30.6 Å². The Morgan fingerprint density at radius 3 is 1.16 bits per heavy atom. The van der Waals surface area contributed by atoms with E-state index < -0.39 is 7.60 Å². The minimum Gasteiger partial charge on any atom is -1.00 e. The zero-order valence-corrected chi connectivity index (χ0v) is 34.2. The summed E-state index contributed by atoms with van der Waals surface area (Å²) in [6.07, 6.45) is 49.7. The molecule has 0 aromatic carbocycles. The maximum absolute atomic E-state index is 13.7. The molecule has 0 saturated carbocycles. The standard InChI is InChI=1S/C43H79NO3P.ClH/c1-4-6-8-10-12-14-16-18-20-22-24-26-28-30-32-34-40-46-48(45,42-43-36-38-44(3)39-37-43)47-41-35-33-31-29-27-25-23-21-19-17-15-13-11-9-7-5-2;/h18-21,36-39H,4-17,22-35,40-42H2,1-3H3;1H/q+1;/p-1/b20-18-,21-19-;. The molecule has 0 N–H and O–H groups in total. The van der Waals surface area contributed by atoms with E-state index in [1.165, 1.54) is 154 Å². The molecule has 0 aliphatic heterocycles. The first-order valence-electron chi connectivity index (χ1n) is 20.7. The molecule has 0 unspecified atom stereocenters. The van der Waals surface area contributed by atoms with Crippen LogP contribution in [0.5, 0.6) is 0 Å². The quantitative estimate of drug-likeness (QED) is 0.0299. The number of hydrogen-bond acceptors (Lipinski definition) is 3. The van der Waals surface area contributed by atoms with Crippen molar-refractivity contribution in [2.24, 2.45) is 7.05 Å². The van der Waals surface area contributed by atoms with Crippen molar-refractivity contribution in [3.63, 3.8) is 0 Å². The molecule has 0 amide bonds. The number of halogens is 1. The summed E-state index contributed by atoms with van der Waals surface area (Å²) in [4.78, 5) is 0. The normalized spacial score (nSPS) is 12.0. The van der Waals surface area contributed by atoms with Crippen LogP contribution in [0.4, 0.5) is 0 Å². The second kappa shape index (κ2) is 36.8. The highest BCUT2D eigenvalue weighted by molar-refractivity contribution is 7.53. The number of hydrogen-bond donors (Lipinski definition) is 0. The van der Waals surface area contributed by atoms with Crippen LogP contribution in [-0.2, 0) is 26.8 Å². The number of rotatable bonds is 36. The van der Waals surface area contributed by atoms with Crippen LogP contribution in [0.3, 0.4) is 0 Å². The number of allylic oxidation sites excluding steroid dienone is 4. The minimum absolute atomic E-state index is 0. The Kier molecular flexibility index (Phi) is 36.1. The van der Waals surface area contributed by atoms with Crippen molar-refractivity contribution in [3.8, 4) is 0 Å². The second-order valence-electron chi connectivity index (χ2n) is 14.2. The SMILES string of the molecule is CCCCCCCC/C=C\CCCCCCCCOP(=O)(Cc1cc[n+](C)cc1)OCCCCCCCC/C=C\CCCCCCCC.[Cl-]. The monoisotopic (exact) mass is 724 g/mol. The Labute approximate surface area is 311 Å². The van der Waals surface area contributed by atoms with Crippen LogP contribution in [0.25, 0.3) is 0 Å². The van der Waals surface area contributed by atoms with Gasteiger partial charge in [-0.15, -0.1) is 0 Å². The Balaban J connectivity index is 0.0000230. The summed E-state index contributed by atoms with van der Waals surface area (Å²) in [7, 11) is -1.16. The van der Waals surface area contributed by atoms with Gasteiger partial charge in [-0.2, -0.15) is 0 Å². The van der Waals surface area contributed by atoms with Gasteiger partial charge in [0.25, 0.3) is 0 Å². The number of unbranched alkanes of at least 4 members (excludes halogenated alkanes) is 24. The van der Waals surface area contributed by atoms with Crippen molar-refractivity contribution in [2.45, 2.75) is 200 Å². The lowest BCUT2D eigenvalue weighted by Crippen LogP contribution is -3.00. The van der Waals surface area contributed by atoms with Crippen molar-refractivity contribution in [1.82, 2.24) is 0 Å². The zero-order chi connectivity index (χ0) is 34.6. The molecule has 1 aromatic heterocycles. The van der Waals surface area contributed by atoms with Gasteiger partial charge in [-0.1, -0.05) is 154 Å². The van der Waals surface area contributed by atoms with E-state index >= 15 is 0 Å². The first-order chi connectivity index (χ1) is 23.6. The van der Waals surface area contributed by atoms with E-state index in [0.717, 1.165) is 31.2 Å².